The van der Waals surface area contributed by atoms with Crippen LogP contribution in [0.3, 0.4) is 0 Å². The Balaban J connectivity index is 1.75. The molecule has 1 aliphatic rings. The van der Waals surface area contributed by atoms with Crippen LogP contribution < -0.4 is 11.5 Å². The molecule has 3 rings (SSSR count). The quantitative estimate of drug-likeness (QED) is 0.766. The Morgan fingerprint density at radius 1 is 1.36 bits per heavy atom. The zero-order chi connectivity index (χ0) is 15.7. The van der Waals surface area contributed by atoms with Crippen LogP contribution in [0.15, 0.2) is 30.5 Å². The Labute approximate surface area is 128 Å². The van der Waals surface area contributed by atoms with Crippen molar-refractivity contribution in [3.05, 3.63) is 36.0 Å². The molecule has 1 saturated heterocycles. The van der Waals surface area contributed by atoms with Crippen molar-refractivity contribution in [1.82, 2.24) is 9.88 Å². The first-order valence-electron chi connectivity index (χ1n) is 7.48. The number of hydrogen-bond donors (Lipinski definition) is 3. The van der Waals surface area contributed by atoms with E-state index >= 15 is 0 Å². The van der Waals surface area contributed by atoms with E-state index in [2.05, 4.69) is 4.98 Å². The summed E-state index contributed by atoms with van der Waals surface area (Å²) in [4.78, 5) is 28.6. The van der Waals surface area contributed by atoms with Crippen LogP contribution in [0, 0.1) is 0 Å². The van der Waals surface area contributed by atoms with Gasteiger partial charge in [0.25, 0.3) is 0 Å². The van der Waals surface area contributed by atoms with Gasteiger partial charge in [-0.2, -0.15) is 0 Å². The summed E-state index contributed by atoms with van der Waals surface area (Å²) in [6.45, 7) is 0.550. The third-order valence-corrected chi connectivity index (χ3v) is 4.30. The van der Waals surface area contributed by atoms with Crippen molar-refractivity contribution in [1.29, 1.82) is 0 Å². The number of nitrogens with two attached hydrogens (primary N) is 2. The number of primary amides is 1. The number of likely N-dealkylation sites (tertiary alicyclic amines) is 1. The number of aromatic nitrogens is 1. The molecule has 2 aromatic rings. The summed E-state index contributed by atoms with van der Waals surface area (Å²) >= 11 is 0. The average Bonchev–Trinajstić information content (AvgIpc) is 3.14. The molecule has 2 amide bonds. The van der Waals surface area contributed by atoms with Crippen LogP contribution in [0.5, 0.6) is 0 Å². The number of hydrogen-bond acceptors (Lipinski definition) is 3. The van der Waals surface area contributed by atoms with Gasteiger partial charge in [-0.05, 0) is 30.9 Å². The second-order valence-electron chi connectivity index (χ2n) is 5.76. The van der Waals surface area contributed by atoms with Gasteiger partial charge in [-0.15, -0.1) is 0 Å². The maximum atomic E-state index is 12.5. The predicted molar refractivity (Wildman–Crippen MR) is 83.9 cm³/mol. The lowest BCUT2D eigenvalue weighted by molar-refractivity contribution is -0.138. The molecule has 22 heavy (non-hydrogen) atoms. The van der Waals surface area contributed by atoms with E-state index in [0.717, 1.165) is 22.9 Å². The molecular formula is C16H20N4O2. The molecule has 1 aliphatic heterocycles. The topological polar surface area (TPSA) is 105 Å². The van der Waals surface area contributed by atoms with Gasteiger partial charge in [-0.3, -0.25) is 9.59 Å². The largest absolute Gasteiger partial charge is 0.368 e. The van der Waals surface area contributed by atoms with E-state index in [9.17, 15) is 9.59 Å². The van der Waals surface area contributed by atoms with E-state index in [4.69, 9.17) is 11.5 Å². The molecular weight excluding hydrogens is 280 g/mol. The van der Waals surface area contributed by atoms with Crippen molar-refractivity contribution >= 4 is 22.7 Å². The van der Waals surface area contributed by atoms with Crippen LogP contribution in [0.25, 0.3) is 10.9 Å². The Morgan fingerprint density at radius 2 is 2.14 bits per heavy atom. The van der Waals surface area contributed by atoms with Crippen LogP contribution in [0.2, 0.25) is 0 Å². The predicted octanol–water partition coefficient (Wildman–Crippen LogP) is 0.514. The number of fused-ring (bicyclic) bond motifs is 1. The Bertz CT molecular complexity index is 709. The van der Waals surface area contributed by atoms with E-state index in [1.54, 1.807) is 0 Å². The monoisotopic (exact) mass is 300 g/mol. The Morgan fingerprint density at radius 3 is 2.91 bits per heavy atom. The van der Waals surface area contributed by atoms with E-state index in [-0.39, 0.29) is 5.91 Å². The zero-order valence-corrected chi connectivity index (χ0v) is 12.3. The number of nitrogens with zero attached hydrogens (tertiary/aromatic N) is 1. The lowest BCUT2D eigenvalue weighted by Crippen LogP contribution is -2.50. The number of aromatic amines is 1. The number of carbonyl (C=O) groups is 2. The summed E-state index contributed by atoms with van der Waals surface area (Å²) in [5.41, 5.74) is 13.5. The number of rotatable bonds is 4. The van der Waals surface area contributed by atoms with Gasteiger partial charge < -0.3 is 21.4 Å². The molecule has 2 heterocycles. The van der Waals surface area contributed by atoms with Crippen molar-refractivity contribution < 1.29 is 9.59 Å². The van der Waals surface area contributed by atoms with Crippen molar-refractivity contribution in [2.45, 2.75) is 31.3 Å². The number of H-pyrrole nitrogens is 1. The number of nitrogens with one attached hydrogen (secondary N) is 1. The van der Waals surface area contributed by atoms with Crippen molar-refractivity contribution in [3.63, 3.8) is 0 Å². The second kappa shape index (κ2) is 5.81. The molecule has 6 heteroatoms. The minimum absolute atomic E-state index is 0.202. The van der Waals surface area contributed by atoms with Crippen LogP contribution >= 0.6 is 0 Å². The first-order valence-corrected chi connectivity index (χ1v) is 7.48. The van der Waals surface area contributed by atoms with Crippen molar-refractivity contribution in [2.75, 3.05) is 6.54 Å². The molecule has 0 unspecified atom stereocenters. The first-order chi connectivity index (χ1) is 10.6. The van der Waals surface area contributed by atoms with Crippen LogP contribution in [0.1, 0.15) is 18.4 Å². The van der Waals surface area contributed by atoms with E-state index in [1.807, 2.05) is 30.5 Å². The highest BCUT2D eigenvalue weighted by atomic mass is 16.2. The van der Waals surface area contributed by atoms with E-state index in [1.165, 1.54) is 4.90 Å². The average molecular weight is 300 g/mol. The summed E-state index contributed by atoms with van der Waals surface area (Å²) in [5, 5.41) is 1.07. The van der Waals surface area contributed by atoms with Crippen LogP contribution in [-0.4, -0.2) is 40.3 Å². The first kappa shape index (κ1) is 14.6. The molecule has 0 radical (unpaired) electrons. The summed E-state index contributed by atoms with van der Waals surface area (Å²) < 4.78 is 0. The van der Waals surface area contributed by atoms with E-state index < -0.39 is 18.0 Å². The number of amides is 2. The van der Waals surface area contributed by atoms with Gasteiger partial charge >= 0.3 is 0 Å². The Kier molecular flexibility index (Phi) is 3.85. The van der Waals surface area contributed by atoms with Crippen molar-refractivity contribution in [3.8, 4) is 0 Å². The number of carbonyl (C=O) groups excluding carboxylic acids is 2. The van der Waals surface area contributed by atoms with Crippen LogP contribution in [0.4, 0.5) is 0 Å². The smallest absolute Gasteiger partial charge is 0.240 e. The molecule has 1 fully saturated rings. The highest BCUT2D eigenvalue weighted by molar-refractivity contribution is 5.90. The minimum atomic E-state index is -0.667. The van der Waals surface area contributed by atoms with Crippen molar-refractivity contribution in [2.24, 2.45) is 11.5 Å². The van der Waals surface area contributed by atoms with E-state index in [0.29, 0.717) is 19.4 Å². The number of benzene rings is 1. The number of para-hydroxylation sites is 1. The van der Waals surface area contributed by atoms with Gasteiger partial charge in [0.2, 0.25) is 11.8 Å². The Hall–Kier alpha value is -2.34. The standard InChI is InChI=1S/C16H20N4O2/c17-12(16(22)20-7-3-6-14(20)15(18)21)8-10-9-19-13-5-2-1-4-11(10)13/h1-2,4-5,9,12,14,19H,3,6-8,17H2,(H2,18,21)/t12-,14-/m0/s1. The molecule has 5 N–H and O–H groups in total. The minimum Gasteiger partial charge on any atom is -0.368 e. The third kappa shape index (κ3) is 2.57. The zero-order valence-electron chi connectivity index (χ0n) is 12.3. The van der Waals surface area contributed by atoms with Gasteiger partial charge in [0.1, 0.15) is 6.04 Å². The SMILES string of the molecule is NC(=O)[C@@H]1CCCN1C(=O)[C@@H](N)Cc1c[nH]c2ccccc12. The summed E-state index contributed by atoms with van der Waals surface area (Å²) in [6, 6.07) is 6.71. The van der Waals surface area contributed by atoms with Gasteiger partial charge in [0.15, 0.2) is 0 Å². The molecule has 1 aromatic heterocycles. The molecule has 116 valence electrons. The van der Waals surface area contributed by atoms with Gasteiger partial charge in [0.05, 0.1) is 6.04 Å². The third-order valence-electron chi connectivity index (χ3n) is 4.30. The maximum absolute atomic E-state index is 12.5. The molecule has 1 aromatic carbocycles. The highest BCUT2D eigenvalue weighted by Crippen LogP contribution is 2.21. The normalized spacial score (nSPS) is 19.5. The lowest BCUT2D eigenvalue weighted by Gasteiger charge is -2.25. The summed E-state index contributed by atoms with van der Waals surface area (Å²) in [6.07, 6.45) is 3.73. The maximum Gasteiger partial charge on any atom is 0.240 e. The molecule has 0 bridgehead atoms. The summed E-state index contributed by atoms with van der Waals surface area (Å²) in [5.74, 6) is -0.656. The molecule has 0 saturated carbocycles. The molecule has 6 nitrogen and oxygen atoms in total. The fourth-order valence-corrected chi connectivity index (χ4v) is 3.16. The van der Waals surface area contributed by atoms with Gasteiger partial charge in [-0.1, -0.05) is 18.2 Å². The highest BCUT2D eigenvalue weighted by Gasteiger charge is 2.35. The van der Waals surface area contributed by atoms with Gasteiger partial charge in [0, 0.05) is 23.6 Å². The fraction of sp³-hybridized carbons (Fsp3) is 0.375. The second-order valence-corrected chi connectivity index (χ2v) is 5.76. The van der Waals surface area contributed by atoms with Gasteiger partial charge in [-0.25, -0.2) is 0 Å². The molecule has 0 aliphatic carbocycles. The van der Waals surface area contributed by atoms with Crippen LogP contribution in [-0.2, 0) is 16.0 Å². The molecule has 0 spiro atoms. The fourth-order valence-electron chi connectivity index (χ4n) is 3.16. The summed E-state index contributed by atoms with van der Waals surface area (Å²) in [7, 11) is 0. The molecule has 2 atom stereocenters. The lowest BCUT2D eigenvalue weighted by atomic mass is 10.0.